The molecule has 1 rings (SSSR count). The maximum Gasteiger partial charge on any atom is 0.320 e. The molecule has 0 amide bonds. The smallest absolute Gasteiger partial charge is 0.320 e. The van der Waals surface area contributed by atoms with Gasteiger partial charge in [-0.15, -0.1) is 0 Å². The van der Waals surface area contributed by atoms with Gasteiger partial charge < -0.3 is 10.2 Å². The van der Waals surface area contributed by atoms with Crippen LogP contribution in [0.2, 0.25) is 0 Å². The molecule has 0 aromatic carbocycles. The number of piperidine rings is 1. The van der Waals surface area contributed by atoms with E-state index in [1.54, 1.807) is 6.92 Å². The summed E-state index contributed by atoms with van der Waals surface area (Å²) in [7, 11) is 0. The van der Waals surface area contributed by atoms with E-state index in [0.717, 1.165) is 19.4 Å². The van der Waals surface area contributed by atoms with Gasteiger partial charge in [0, 0.05) is 6.54 Å². The molecule has 0 aliphatic carbocycles. The van der Waals surface area contributed by atoms with E-state index in [0.29, 0.717) is 13.0 Å². The van der Waals surface area contributed by atoms with Gasteiger partial charge in [0.05, 0.1) is 6.10 Å². The first-order valence-electron chi connectivity index (χ1n) is 5.71. The molecule has 0 saturated carbocycles. The maximum absolute atomic E-state index is 11.0. The van der Waals surface area contributed by atoms with Crippen LogP contribution in [0.1, 0.15) is 33.1 Å². The summed E-state index contributed by atoms with van der Waals surface area (Å²) >= 11 is 0. The van der Waals surface area contributed by atoms with Gasteiger partial charge in [0.2, 0.25) is 0 Å². The van der Waals surface area contributed by atoms with Crippen LogP contribution in [0.25, 0.3) is 0 Å². The van der Waals surface area contributed by atoms with Crippen molar-refractivity contribution in [1.29, 1.82) is 0 Å². The van der Waals surface area contributed by atoms with E-state index in [-0.39, 0.29) is 18.1 Å². The summed E-state index contributed by atoms with van der Waals surface area (Å²) in [5, 5.41) is 18.6. The molecule has 15 heavy (non-hydrogen) atoms. The van der Waals surface area contributed by atoms with Crippen LogP contribution in [0.5, 0.6) is 0 Å². The monoisotopic (exact) mass is 215 g/mol. The molecule has 0 aromatic heterocycles. The maximum atomic E-state index is 11.0. The summed E-state index contributed by atoms with van der Waals surface area (Å²) in [5.41, 5.74) is 0. The van der Waals surface area contributed by atoms with Gasteiger partial charge in [0.25, 0.3) is 0 Å². The Labute approximate surface area is 90.9 Å². The molecule has 3 atom stereocenters. The van der Waals surface area contributed by atoms with Gasteiger partial charge in [-0.3, -0.25) is 9.69 Å². The van der Waals surface area contributed by atoms with Crippen molar-refractivity contribution < 1.29 is 15.0 Å². The Balaban J connectivity index is 2.58. The SMILES string of the molecule is CC[C@H](C(=O)O)N1CCC[C@H]([C@H](C)O)C1. The van der Waals surface area contributed by atoms with Gasteiger partial charge in [-0.05, 0) is 38.6 Å². The third-order valence-corrected chi connectivity index (χ3v) is 3.28. The summed E-state index contributed by atoms with van der Waals surface area (Å²) in [5.74, 6) is -0.518. The fourth-order valence-electron chi connectivity index (χ4n) is 2.31. The molecule has 0 spiro atoms. The molecule has 88 valence electrons. The van der Waals surface area contributed by atoms with E-state index in [1.165, 1.54) is 0 Å². The van der Waals surface area contributed by atoms with Gasteiger partial charge in [0.1, 0.15) is 6.04 Å². The van der Waals surface area contributed by atoms with Crippen molar-refractivity contribution in [1.82, 2.24) is 4.90 Å². The number of aliphatic hydroxyl groups is 1. The number of carbonyl (C=O) groups is 1. The summed E-state index contributed by atoms with van der Waals surface area (Å²) in [6.07, 6.45) is 2.28. The second-order valence-corrected chi connectivity index (χ2v) is 4.40. The second kappa shape index (κ2) is 5.47. The van der Waals surface area contributed by atoms with Crippen LogP contribution in [0.3, 0.4) is 0 Å². The lowest BCUT2D eigenvalue weighted by atomic mass is 9.92. The topological polar surface area (TPSA) is 60.8 Å². The van der Waals surface area contributed by atoms with Crippen LogP contribution < -0.4 is 0 Å². The normalized spacial score (nSPS) is 27.3. The van der Waals surface area contributed by atoms with Gasteiger partial charge in [0.15, 0.2) is 0 Å². The lowest BCUT2D eigenvalue weighted by Crippen LogP contribution is -2.48. The van der Waals surface area contributed by atoms with Crippen LogP contribution in [0.15, 0.2) is 0 Å². The Morgan fingerprint density at radius 3 is 2.73 bits per heavy atom. The zero-order valence-corrected chi connectivity index (χ0v) is 9.52. The Hall–Kier alpha value is -0.610. The first-order valence-corrected chi connectivity index (χ1v) is 5.71. The molecular weight excluding hydrogens is 194 g/mol. The number of likely N-dealkylation sites (tertiary alicyclic amines) is 1. The molecule has 0 bridgehead atoms. The predicted molar refractivity (Wildman–Crippen MR) is 57.7 cm³/mol. The average molecular weight is 215 g/mol. The zero-order valence-electron chi connectivity index (χ0n) is 9.52. The quantitative estimate of drug-likeness (QED) is 0.732. The van der Waals surface area contributed by atoms with Crippen molar-refractivity contribution in [3.8, 4) is 0 Å². The van der Waals surface area contributed by atoms with E-state index in [1.807, 2.05) is 11.8 Å². The number of aliphatic hydroxyl groups excluding tert-OH is 1. The van der Waals surface area contributed by atoms with Gasteiger partial charge in [-0.2, -0.15) is 0 Å². The number of nitrogens with zero attached hydrogens (tertiary/aromatic N) is 1. The number of rotatable bonds is 4. The molecule has 4 heteroatoms. The number of hydrogen-bond acceptors (Lipinski definition) is 3. The lowest BCUT2D eigenvalue weighted by Gasteiger charge is -2.37. The Morgan fingerprint density at radius 2 is 2.27 bits per heavy atom. The van der Waals surface area contributed by atoms with Crippen LogP contribution in [0, 0.1) is 5.92 Å². The highest BCUT2D eigenvalue weighted by atomic mass is 16.4. The highest BCUT2D eigenvalue weighted by molar-refractivity contribution is 5.73. The van der Waals surface area contributed by atoms with Crippen molar-refractivity contribution in [3.63, 3.8) is 0 Å². The minimum Gasteiger partial charge on any atom is -0.480 e. The van der Waals surface area contributed by atoms with E-state index >= 15 is 0 Å². The third kappa shape index (κ3) is 3.18. The van der Waals surface area contributed by atoms with E-state index in [2.05, 4.69) is 0 Å². The van der Waals surface area contributed by atoms with Crippen LogP contribution in [-0.4, -0.2) is 46.3 Å². The Morgan fingerprint density at radius 1 is 1.60 bits per heavy atom. The average Bonchev–Trinajstić information content (AvgIpc) is 2.18. The molecule has 1 fully saturated rings. The second-order valence-electron chi connectivity index (χ2n) is 4.40. The molecule has 2 N–H and O–H groups in total. The number of aliphatic carboxylic acids is 1. The molecule has 1 saturated heterocycles. The van der Waals surface area contributed by atoms with Crippen molar-refractivity contribution >= 4 is 5.97 Å². The molecule has 1 aliphatic heterocycles. The molecule has 4 nitrogen and oxygen atoms in total. The molecule has 0 unspecified atom stereocenters. The predicted octanol–water partition coefficient (Wildman–Crippen LogP) is 0.942. The summed E-state index contributed by atoms with van der Waals surface area (Å²) in [4.78, 5) is 13.0. The van der Waals surface area contributed by atoms with Crippen LogP contribution in [-0.2, 0) is 4.79 Å². The number of hydrogen-bond donors (Lipinski definition) is 2. The van der Waals surface area contributed by atoms with Gasteiger partial charge in [-0.1, -0.05) is 6.92 Å². The van der Waals surface area contributed by atoms with Crippen molar-refractivity contribution in [2.45, 2.75) is 45.3 Å². The number of carboxylic acids is 1. The van der Waals surface area contributed by atoms with Crippen LogP contribution in [0.4, 0.5) is 0 Å². The van der Waals surface area contributed by atoms with Crippen molar-refractivity contribution in [2.24, 2.45) is 5.92 Å². The zero-order chi connectivity index (χ0) is 11.4. The minimum absolute atomic E-state index is 0.229. The first kappa shape index (κ1) is 12.5. The van der Waals surface area contributed by atoms with Gasteiger partial charge >= 0.3 is 5.97 Å². The largest absolute Gasteiger partial charge is 0.480 e. The molecule has 1 heterocycles. The van der Waals surface area contributed by atoms with Crippen molar-refractivity contribution in [2.75, 3.05) is 13.1 Å². The Bertz CT molecular complexity index is 218. The highest BCUT2D eigenvalue weighted by Crippen LogP contribution is 2.22. The third-order valence-electron chi connectivity index (χ3n) is 3.28. The fraction of sp³-hybridized carbons (Fsp3) is 0.909. The molecule has 0 radical (unpaired) electrons. The first-order chi connectivity index (χ1) is 7.06. The Kier molecular flexibility index (Phi) is 4.54. The van der Waals surface area contributed by atoms with E-state index in [4.69, 9.17) is 5.11 Å². The molecular formula is C11H21NO3. The fourth-order valence-corrected chi connectivity index (χ4v) is 2.31. The molecule has 1 aliphatic rings. The van der Waals surface area contributed by atoms with E-state index in [9.17, 15) is 9.90 Å². The highest BCUT2D eigenvalue weighted by Gasteiger charge is 2.30. The standard InChI is InChI=1S/C11H21NO3/c1-3-10(11(14)15)12-6-4-5-9(7-12)8(2)13/h8-10,13H,3-7H2,1-2H3,(H,14,15)/t8-,9-,10+/m0/s1. The van der Waals surface area contributed by atoms with Crippen LogP contribution >= 0.6 is 0 Å². The summed E-state index contributed by atoms with van der Waals surface area (Å²) < 4.78 is 0. The lowest BCUT2D eigenvalue weighted by molar-refractivity contribution is -0.144. The summed E-state index contributed by atoms with van der Waals surface area (Å²) in [6.45, 7) is 5.23. The number of carboxylic acid groups (broad SMARTS) is 1. The van der Waals surface area contributed by atoms with E-state index < -0.39 is 5.97 Å². The summed E-state index contributed by atoms with van der Waals surface area (Å²) in [6, 6.07) is -0.383. The van der Waals surface area contributed by atoms with Crippen molar-refractivity contribution in [3.05, 3.63) is 0 Å². The van der Waals surface area contributed by atoms with Gasteiger partial charge in [-0.25, -0.2) is 0 Å². The molecule has 0 aromatic rings. The minimum atomic E-state index is -0.747.